The van der Waals surface area contributed by atoms with Crippen molar-refractivity contribution in [1.29, 1.82) is 0 Å². The first-order chi connectivity index (χ1) is 5.22. The third-order valence-electron chi connectivity index (χ3n) is 1.36. The van der Waals surface area contributed by atoms with Gasteiger partial charge >= 0.3 is 5.97 Å². The number of hydrogen-bond donors (Lipinski definition) is 1. The Morgan fingerprint density at radius 2 is 2.73 bits per heavy atom. The van der Waals surface area contributed by atoms with Gasteiger partial charge < -0.3 is 10.5 Å². The normalized spacial score (nSPS) is 23.0. The molecule has 11 heavy (non-hydrogen) atoms. The average molecular weight is 174 g/mol. The summed E-state index contributed by atoms with van der Waals surface area (Å²) >= 11 is 1.48. The molecule has 1 rings (SSSR count). The Labute approximate surface area is 69.2 Å². The number of carbonyl (C=O) groups is 1. The lowest BCUT2D eigenvalue weighted by Gasteiger charge is -2.01. The van der Waals surface area contributed by atoms with Crippen LogP contribution in [0.25, 0.3) is 0 Å². The number of hydrogen-bond acceptors (Lipinski definition) is 5. The highest BCUT2D eigenvalue weighted by Crippen LogP contribution is 2.17. The van der Waals surface area contributed by atoms with Crippen LogP contribution in [0.4, 0.5) is 0 Å². The van der Waals surface area contributed by atoms with Crippen LogP contribution in [-0.4, -0.2) is 30.0 Å². The van der Waals surface area contributed by atoms with Crippen molar-refractivity contribution in [2.75, 3.05) is 12.9 Å². The van der Waals surface area contributed by atoms with Gasteiger partial charge in [0.05, 0.1) is 19.6 Å². The molecule has 0 aromatic heterocycles. The first-order valence-corrected chi connectivity index (χ1v) is 4.24. The molecule has 0 radical (unpaired) electrons. The Morgan fingerprint density at radius 1 is 2.00 bits per heavy atom. The van der Waals surface area contributed by atoms with E-state index in [0.29, 0.717) is 11.6 Å². The zero-order valence-electron chi connectivity index (χ0n) is 6.24. The highest BCUT2D eigenvalue weighted by atomic mass is 32.2. The maximum absolute atomic E-state index is 10.7. The zero-order chi connectivity index (χ0) is 8.27. The molecule has 0 unspecified atom stereocenters. The molecule has 2 N–H and O–H groups in total. The number of carbonyl (C=O) groups excluding carboxylic acids is 1. The van der Waals surface area contributed by atoms with Crippen LogP contribution in [0.2, 0.25) is 0 Å². The van der Waals surface area contributed by atoms with Crippen LogP contribution in [0.1, 0.15) is 6.42 Å². The number of ether oxygens (including phenoxy) is 1. The molecule has 0 aromatic carbocycles. The summed E-state index contributed by atoms with van der Waals surface area (Å²) in [5.41, 5.74) is 5.40. The summed E-state index contributed by atoms with van der Waals surface area (Å²) in [5.74, 6) is 0.565. The summed E-state index contributed by atoms with van der Waals surface area (Å²) in [6.45, 7) is 0. The van der Waals surface area contributed by atoms with E-state index in [9.17, 15) is 4.79 Å². The molecule has 0 aromatic rings. The van der Waals surface area contributed by atoms with E-state index < -0.39 is 0 Å². The monoisotopic (exact) mass is 174 g/mol. The largest absolute Gasteiger partial charge is 0.469 e. The fourth-order valence-electron chi connectivity index (χ4n) is 0.816. The number of aliphatic imine (C=N–C) groups is 1. The second kappa shape index (κ2) is 3.61. The number of esters is 1. The van der Waals surface area contributed by atoms with Crippen molar-refractivity contribution in [3.63, 3.8) is 0 Å². The average Bonchev–Trinajstić information content (AvgIpc) is 2.35. The molecule has 1 heterocycles. The van der Waals surface area contributed by atoms with Gasteiger partial charge in [-0.05, 0) is 0 Å². The lowest BCUT2D eigenvalue weighted by molar-refractivity contribution is -0.140. The molecule has 0 amide bonds. The number of methoxy groups -OCH3 is 1. The van der Waals surface area contributed by atoms with Gasteiger partial charge in [-0.2, -0.15) is 0 Å². The molecule has 0 spiro atoms. The van der Waals surface area contributed by atoms with Gasteiger partial charge in [-0.1, -0.05) is 11.8 Å². The Morgan fingerprint density at radius 3 is 3.18 bits per heavy atom. The molecule has 1 atom stereocenters. The van der Waals surface area contributed by atoms with E-state index in [1.54, 1.807) is 0 Å². The van der Waals surface area contributed by atoms with Gasteiger partial charge in [0.2, 0.25) is 0 Å². The predicted octanol–water partition coefficient (Wildman–Crippen LogP) is -0.0204. The van der Waals surface area contributed by atoms with Gasteiger partial charge in [0.1, 0.15) is 0 Å². The van der Waals surface area contributed by atoms with E-state index >= 15 is 0 Å². The Bertz CT molecular complexity index is 193. The summed E-state index contributed by atoms with van der Waals surface area (Å²) in [4.78, 5) is 14.8. The first-order valence-electron chi connectivity index (χ1n) is 3.25. The van der Waals surface area contributed by atoms with Crippen LogP contribution in [0.15, 0.2) is 4.99 Å². The van der Waals surface area contributed by atoms with Crippen molar-refractivity contribution in [3.8, 4) is 0 Å². The number of rotatable bonds is 2. The van der Waals surface area contributed by atoms with Crippen LogP contribution in [-0.2, 0) is 9.53 Å². The second-order valence-electron chi connectivity index (χ2n) is 2.21. The quantitative estimate of drug-likeness (QED) is 0.597. The highest BCUT2D eigenvalue weighted by molar-refractivity contribution is 8.14. The lowest BCUT2D eigenvalue weighted by atomic mass is 10.2. The summed E-state index contributed by atoms with van der Waals surface area (Å²) in [6, 6.07) is 0.0208. The number of nitrogens with two attached hydrogens (primary N) is 1. The van der Waals surface area contributed by atoms with Crippen LogP contribution in [0.5, 0.6) is 0 Å². The molecule has 1 aliphatic heterocycles. The van der Waals surface area contributed by atoms with Gasteiger partial charge in [-0.25, -0.2) is 0 Å². The fraction of sp³-hybridized carbons (Fsp3) is 0.667. The smallest absolute Gasteiger partial charge is 0.307 e. The lowest BCUT2D eigenvalue weighted by Crippen LogP contribution is -2.12. The van der Waals surface area contributed by atoms with Crippen molar-refractivity contribution in [2.45, 2.75) is 12.5 Å². The molecule has 1 aliphatic rings. The summed E-state index contributed by atoms with van der Waals surface area (Å²) in [5, 5.41) is 0.568. The van der Waals surface area contributed by atoms with Crippen molar-refractivity contribution in [3.05, 3.63) is 0 Å². The zero-order valence-corrected chi connectivity index (χ0v) is 7.06. The van der Waals surface area contributed by atoms with Crippen molar-refractivity contribution >= 4 is 22.9 Å². The molecule has 0 bridgehead atoms. The van der Waals surface area contributed by atoms with Gasteiger partial charge in [-0.15, -0.1) is 0 Å². The van der Waals surface area contributed by atoms with E-state index in [0.717, 1.165) is 5.75 Å². The number of nitrogens with zero attached hydrogens (tertiary/aromatic N) is 1. The Balaban J connectivity index is 2.34. The van der Waals surface area contributed by atoms with E-state index in [1.165, 1.54) is 18.9 Å². The molecule has 0 saturated carbocycles. The predicted molar refractivity (Wildman–Crippen MR) is 44.5 cm³/mol. The number of thioether (sulfide) groups is 1. The van der Waals surface area contributed by atoms with Crippen LogP contribution in [0, 0.1) is 0 Å². The molecular formula is C6H10N2O2S. The number of amidine groups is 1. The minimum Gasteiger partial charge on any atom is -0.469 e. The third-order valence-corrected chi connectivity index (χ3v) is 2.32. The van der Waals surface area contributed by atoms with Gasteiger partial charge in [0.25, 0.3) is 0 Å². The minimum atomic E-state index is -0.228. The van der Waals surface area contributed by atoms with E-state index in [2.05, 4.69) is 9.73 Å². The third kappa shape index (κ3) is 2.42. The van der Waals surface area contributed by atoms with Gasteiger partial charge in [0.15, 0.2) is 5.17 Å². The fourth-order valence-corrected chi connectivity index (χ4v) is 1.60. The first kappa shape index (κ1) is 8.39. The highest BCUT2D eigenvalue weighted by Gasteiger charge is 2.19. The topological polar surface area (TPSA) is 64.7 Å². The summed E-state index contributed by atoms with van der Waals surface area (Å²) in [6.07, 6.45) is 0.338. The maximum Gasteiger partial charge on any atom is 0.307 e. The molecule has 0 fully saturated rings. The molecular weight excluding hydrogens is 164 g/mol. The van der Waals surface area contributed by atoms with Gasteiger partial charge in [0, 0.05) is 5.75 Å². The molecule has 4 nitrogen and oxygen atoms in total. The molecule has 0 aliphatic carbocycles. The van der Waals surface area contributed by atoms with Gasteiger partial charge in [-0.3, -0.25) is 9.79 Å². The minimum absolute atomic E-state index is 0.0208. The van der Waals surface area contributed by atoms with E-state index in [4.69, 9.17) is 5.73 Å². The summed E-state index contributed by atoms with van der Waals surface area (Å²) in [7, 11) is 1.37. The second-order valence-corrected chi connectivity index (χ2v) is 3.25. The Hall–Kier alpha value is -0.710. The van der Waals surface area contributed by atoms with E-state index in [-0.39, 0.29) is 12.0 Å². The van der Waals surface area contributed by atoms with E-state index in [1.807, 2.05) is 0 Å². The maximum atomic E-state index is 10.7. The SMILES string of the molecule is COC(=O)C[C@@H]1CSC(N)=N1. The van der Waals surface area contributed by atoms with Crippen molar-refractivity contribution < 1.29 is 9.53 Å². The van der Waals surface area contributed by atoms with Crippen molar-refractivity contribution in [1.82, 2.24) is 0 Å². The van der Waals surface area contributed by atoms with Crippen LogP contribution >= 0.6 is 11.8 Å². The van der Waals surface area contributed by atoms with Crippen LogP contribution in [0.3, 0.4) is 0 Å². The van der Waals surface area contributed by atoms with Crippen molar-refractivity contribution in [2.24, 2.45) is 10.7 Å². The molecule has 5 heteroatoms. The molecule has 0 saturated heterocycles. The molecule has 62 valence electrons. The standard InChI is InChI=1S/C6H10N2O2S/c1-10-5(9)2-4-3-11-6(7)8-4/h4H,2-3H2,1H3,(H2,7,8)/t4-/m1/s1. The van der Waals surface area contributed by atoms with Crippen LogP contribution < -0.4 is 5.73 Å². The Kier molecular flexibility index (Phi) is 2.76. The summed E-state index contributed by atoms with van der Waals surface area (Å²) < 4.78 is 4.49.